The fourth-order valence-corrected chi connectivity index (χ4v) is 2.75. The summed E-state index contributed by atoms with van der Waals surface area (Å²) in [5.41, 5.74) is 3.95. The molecule has 0 fully saturated rings. The monoisotopic (exact) mass is 274 g/mol. The first-order valence-electron chi connectivity index (χ1n) is 6.92. The van der Waals surface area contributed by atoms with Gasteiger partial charge in [-0.1, -0.05) is 31.2 Å². The van der Waals surface area contributed by atoms with Crippen LogP contribution in [0.1, 0.15) is 41.7 Å². The fourth-order valence-electron chi connectivity index (χ4n) is 2.10. The van der Waals surface area contributed by atoms with E-state index in [0.717, 1.165) is 24.4 Å². The van der Waals surface area contributed by atoms with Gasteiger partial charge in [0.15, 0.2) is 0 Å². The molecule has 1 N–H and O–H groups in total. The Morgan fingerprint density at radius 2 is 2.00 bits per heavy atom. The number of hydrogen-bond acceptors (Lipinski definition) is 3. The third-order valence-corrected chi connectivity index (χ3v) is 4.21. The molecule has 1 heterocycles. The molecule has 2 aromatic rings. The molecule has 0 aliphatic rings. The summed E-state index contributed by atoms with van der Waals surface area (Å²) in [7, 11) is 0. The summed E-state index contributed by atoms with van der Waals surface area (Å²) in [5, 5.41) is 6.86. The van der Waals surface area contributed by atoms with Crippen LogP contribution in [0.2, 0.25) is 0 Å². The Hall–Kier alpha value is -1.19. The van der Waals surface area contributed by atoms with E-state index in [9.17, 15) is 0 Å². The van der Waals surface area contributed by atoms with E-state index in [1.807, 2.05) is 0 Å². The minimum atomic E-state index is 0.394. The third kappa shape index (κ3) is 4.15. The van der Waals surface area contributed by atoms with Crippen molar-refractivity contribution in [3.05, 3.63) is 51.5 Å². The van der Waals surface area contributed by atoms with Crippen LogP contribution in [-0.2, 0) is 12.8 Å². The second-order valence-electron chi connectivity index (χ2n) is 4.88. The molecule has 19 heavy (non-hydrogen) atoms. The second kappa shape index (κ2) is 6.83. The topological polar surface area (TPSA) is 24.9 Å². The first-order chi connectivity index (χ1) is 9.19. The number of hydrogen-bond donors (Lipinski definition) is 1. The minimum absolute atomic E-state index is 0.394. The molecule has 1 atom stereocenters. The molecule has 0 saturated heterocycles. The number of nitrogens with zero attached hydrogens (tertiary/aromatic N) is 1. The highest BCUT2D eigenvalue weighted by atomic mass is 32.1. The van der Waals surface area contributed by atoms with Crippen LogP contribution in [0.25, 0.3) is 0 Å². The second-order valence-corrected chi connectivity index (χ2v) is 5.94. The summed E-state index contributed by atoms with van der Waals surface area (Å²) >= 11 is 1.72. The summed E-state index contributed by atoms with van der Waals surface area (Å²) in [6.07, 6.45) is 2.10. The van der Waals surface area contributed by atoms with E-state index in [1.165, 1.54) is 16.8 Å². The van der Waals surface area contributed by atoms with Crippen molar-refractivity contribution >= 4 is 11.3 Å². The van der Waals surface area contributed by atoms with E-state index in [2.05, 4.69) is 60.7 Å². The molecule has 1 aromatic carbocycles. The molecule has 3 heteroatoms. The molecule has 102 valence electrons. The van der Waals surface area contributed by atoms with Gasteiger partial charge in [-0.2, -0.15) is 0 Å². The average molecular weight is 274 g/mol. The SMILES string of the molecule is CCc1ccc(C(C)NCCc2csc(C)n2)cc1. The Kier molecular flexibility index (Phi) is 5.11. The van der Waals surface area contributed by atoms with Crippen molar-refractivity contribution in [2.45, 2.75) is 39.7 Å². The summed E-state index contributed by atoms with van der Waals surface area (Å²) in [4.78, 5) is 4.48. The first kappa shape index (κ1) is 14.2. The van der Waals surface area contributed by atoms with Crippen LogP contribution < -0.4 is 5.32 Å². The quantitative estimate of drug-likeness (QED) is 0.864. The lowest BCUT2D eigenvalue weighted by Crippen LogP contribution is -2.21. The van der Waals surface area contributed by atoms with Crippen molar-refractivity contribution in [2.24, 2.45) is 0 Å². The van der Waals surface area contributed by atoms with Gasteiger partial charge in [0, 0.05) is 24.4 Å². The van der Waals surface area contributed by atoms with Gasteiger partial charge < -0.3 is 5.32 Å². The largest absolute Gasteiger partial charge is 0.310 e. The zero-order chi connectivity index (χ0) is 13.7. The molecule has 0 saturated carbocycles. The molecular weight excluding hydrogens is 252 g/mol. The smallest absolute Gasteiger partial charge is 0.0897 e. The van der Waals surface area contributed by atoms with Crippen LogP contribution in [-0.4, -0.2) is 11.5 Å². The zero-order valence-electron chi connectivity index (χ0n) is 11.9. The van der Waals surface area contributed by atoms with E-state index in [1.54, 1.807) is 11.3 Å². The van der Waals surface area contributed by atoms with E-state index in [4.69, 9.17) is 0 Å². The lowest BCUT2D eigenvalue weighted by molar-refractivity contribution is 0.574. The molecule has 0 spiro atoms. The predicted octanol–water partition coefficient (Wildman–Crippen LogP) is 3.91. The van der Waals surface area contributed by atoms with Gasteiger partial charge >= 0.3 is 0 Å². The van der Waals surface area contributed by atoms with E-state index in [-0.39, 0.29) is 0 Å². The van der Waals surface area contributed by atoms with Gasteiger partial charge in [0.2, 0.25) is 0 Å². The van der Waals surface area contributed by atoms with Crippen LogP contribution >= 0.6 is 11.3 Å². The lowest BCUT2D eigenvalue weighted by atomic mass is 10.0. The normalized spacial score (nSPS) is 12.6. The average Bonchev–Trinajstić information content (AvgIpc) is 2.84. The van der Waals surface area contributed by atoms with E-state index >= 15 is 0 Å². The van der Waals surface area contributed by atoms with Crippen molar-refractivity contribution in [3.63, 3.8) is 0 Å². The highest BCUT2D eigenvalue weighted by Crippen LogP contribution is 2.14. The Balaban J connectivity index is 1.81. The molecule has 1 unspecified atom stereocenters. The Bertz CT molecular complexity index is 502. The van der Waals surface area contributed by atoms with Crippen molar-refractivity contribution in [1.82, 2.24) is 10.3 Å². The highest BCUT2D eigenvalue weighted by molar-refractivity contribution is 7.09. The summed E-state index contributed by atoms with van der Waals surface area (Å²) in [6, 6.07) is 9.28. The summed E-state index contributed by atoms with van der Waals surface area (Å²) in [6.45, 7) is 7.43. The molecule has 0 amide bonds. The van der Waals surface area contributed by atoms with Crippen LogP contribution in [0.5, 0.6) is 0 Å². The van der Waals surface area contributed by atoms with Gasteiger partial charge in [0.25, 0.3) is 0 Å². The summed E-state index contributed by atoms with van der Waals surface area (Å²) < 4.78 is 0. The van der Waals surface area contributed by atoms with Gasteiger partial charge in [0.1, 0.15) is 0 Å². The van der Waals surface area contributed by atoms with Crippen molar-refractivity contribution in [2.75, 3.05) is 6.54 Å². The number of aromatic nitrogens is 1. The Labute approximate surface area is 119 Å². The number of nitrogens with one attached hydrogen (secondary N) is 1. The van der Waals surface area contributed by atoms with Crippen LogP contribution in [0.15, 0.2) is 29.6 Å². The van der Waals surface area contributed by atoms with Gasteiger partial charge in [-0.3, -0.25) is 0 Å². The van der Waals surface area contributed by atoms with Crippen LogP contribution in [0.4, 0.5) is 0 Å². The van der Waals surface area contributed by atoms with Crippen molar-refractivity contribution in [3.8, 4) is 0 Å². The molecule has 0 aliphatic carbocycles. The maximum Gasteiger partial charge on any atom is 0.0897 e. The van der Waals surface area contributed by atoms with E-state index in [0.29, 0.717) is 6.04 Å². The van der Waals surface area contributed by atoms with Crippen molar-refractivity contribution in [1.29, 1.82) is 0 Å². The molecule has 2 rings (SSSR count). The molecular formula is C16H22N2S. The zero-order valence-corrected chi connectivity index (χ0v) is 12.8. The molecule has 0 aliphatic heterocycles. The van der Waals surface area contributed by atoms with Crippen LogP contribution in [0, 0.1) is 6.92 Å². The number of thiazole rings is 1. The standard InChI is InChI=1S/C16H22N2S/c1-4-14-5-7-15(8-6-14)12(2)17-10-9-16-11-19-13(3)18-16/h5-8,11-12,17H,4,9-10H2,1-3H3. The highest BCUT2D eigenvalue weighted by Gasteiger charge is 2.05. The van der Waals surface area contributed by atoms with Gasteiger partial charge in [0.05, 0.1) is 10.7 Å². The van der Waals surface area contributed by atoms with Gasteiger partial charge in [-0.05, 0) is 31.4 Å². The lowest BCUT2D eigenvalue weighted by Gasteiger charge is -2.14. The number of aryl methyl sites for hydroxylation is 2. The van der Waals surface area contributed by atoms with Gasteiger partial charge in [-0.15, -0.1) is 11.3 Å². The first-order valence-corrected chi connectivity index (χ1v) is 7.80. The van der Waals surface area contributed by atoms with E-state index < -0.39 is 0 Å². The molecule has 0 bridgehead atoms. The summed E-state index contributed by atoms with van der Waals surface area (Å²) in [5.74, 6) is 0. The number of benzene rings is 1. The fraction of sp³-hybridized carbons (Fsp3) is 0.438. The van der Waals surface area contributed by atoms with Gasteiger partial charge in [-0.25, -0.2) is 4.98 Å². The molecule has 2 nitrogen and oxygen atoms in total. The van der Waals surface area contributed by atoms with Crippen molar-refractivity contribution < 1.29 is 0 Å². The predicted molar refractivity (Wildman–Crippen MR) is 82.8 cm³/mol. The minimum Gasteiger partial charge on any atom is -0.310 e. The Morgan fingerprint density at radius 3 is 2.58 bits per heavy atom. The maximum atomic E-state index is 4.48. The number of rotatable bonds is 6. The van der Waals surface area contributed by atoms with Crippen LogP contribution in [0.3, 0.4) is 0 Å². The molecule has 0 radical (unpaired) electrons. The maximum absolute atomic E-state index is 4.48. The molecule has 1 aromatic heterocycles. The Morgan fingerprint density at radius 1 is 1.26 bits per heavy atom. The third-order valence-electron chi connectivity index (χ3n) is 3.39.